The molecule has 0 bridgehead atoms. The van der Waals surface area contributed by atoms with E-state index in [9.17, 15) is 4.79 Å². The Hall–Kier alpha value is -1.95. The summed E-state index contributed by atoms with van der Waals surface area (Å²) >= 11 is 1.10. The van der Waals surface area contributed by atoms with Gasteiger partial charge in [0.2, 0.25) is 0 Å². The zero-order chi connectivity index (χ0) is 12.3. The molecule has 0 radical (unpaired) electrons. The molecule has 6 heteroatoms. The fraction of sp³-hybridized carbons (Fsp3) is 0.182. The Labute approximate surface area is 103 Å². The van der Waals surface area contributed by atoms with Crippen molar-refractivity contribution in [3.63, 3.8) is 0 Å². The van der Waals surface area contributed by atoms with Crippen molar-refractivity contribution in [2.24, 2.45) is 0 Å². The van der Waals surface area contributed by atoms with Crippen LogP contribution in [0.25, 0.3) is 0 Å². The topological polar surface area (TPSA) is 72.1 Å². The van der Waals surface area contributed by atoms with Crippen LogP contribution < -0.4 is 5.73 Å². The van der Waals surface area contributed by atoms with E-state index in [2.05, 4.69) is 9.59 Å². The zero-order valence-corrected chi connectivity index (χ0v) is 10.1. The summed E-state index contributed by atoms with van der Waals surface area (Å²) in [6, 6.07) is 7.48. The van der Waals surface area contributed by atoms with Gasteiger partial charge in [-0.1, -0.05) is 16.6 Å². The van der Waals surface area contributed by atoms with E-state index in [0.717, 1.165) is 17.1 Å². The second-order valence-corrected chi connectivity index (χ2v) is 4.47. The maximum Gasteiger partial charge on any atom is 0.267 e. The monoisotopic (exact) mass is 248 g/mol. The molecule has 5 nitrogen and oxygen atoms in total. The van der Waals surface area contributed by atoms with Crippen molar-refractivity contribution in [2.45, 2.75) is 6.54 Å². The van der Waals surface area contributed by atoms with Crippen LogP contribution in [0, 0.1) is 0 Å². The van der Waals surface area contributed by atoms with Crippen LogP contribution in [0.15, 0.2) is 30.5 Å². The average molecular weight is 248 g/mol. The molecule has 0 saturated carbocycles. The maximum absolute atomic E-state index is 11.9. The van der Waals surface area contributed by atoms with Gasteiger partial charge in [0.05, 0.1) is 6.20 Å². The first-order chi connectivity index (χ1) is 8.16. The Kier molecular flexibility index (Phi) is 3.34. The Morgan fingerprint density at radius 2 is 2.35 bits per heavy atom. The molecule has 0 fully saturated rings. The summed E-state index contributed by atoms with van der Waals surface area (Å²) in [6.07, 6.45) is 1.48. The van der Waals surface area contributed by atoms with E-state index < -0.39 is 0 Å². The highest BCUT2D eigenvalue weighted by Crippen LogP contribution is 2.12. The van der Waals surface area contributed by atoms with E-state index in [-0.39, 0.29) is 5.91 Å². The van der Waals surface area contributed by atoms with Crippen LogP contribution in [0.5, 0.6) is 0 Å². The average Bonchev–Trinajstić information content (AvgIpc) is 2.81. The molecule has 0 unspecified atom stereocenters. The van der Waals surface area contributed by atoms with Crippen LogP contribution in [-0.2, 0) is 6.54 Å². The van der Waals surface area contributed by atoms with Crippen LogP contribution in [-0.4, -0.2) is 27.4 Å². The van der Waals surface area contributed by atoms with Gasteiger partial charge in [0.25, 0.3) is 5.91 Å². The third-order valence-corrected chi connectivity index (χ3v) is 2.94. The third-order valence-electron chi connectivity index (χ3n) is 2.29. The van der Waals surface area contributed by atoms with Crippen LogP contribution in [0.3, 0.4) is 0 Å². The molecule has 1 heterocycles. The molecular formula is C11H12N4OS. The number of benzene rings is 1. The quantitative estimate of drug-likeness (QED) is 0.833. The minimum Gasteiger partial charge on any atom is -0.399 e. The molecule has 0 saturated heterocycles. The molecule has 88 valence electrons. The number of amides is 1. The van der Waals surface area contributed by atoms with Crippen molar-refractivity contribution in [1.29, 1.82) is 0 Å². The number of nitrogen functional groups attached to an aromatic ring is 1. The molecule has 0 aliphatic rings. The van der Waals surface area contributed by atoms with Gasteiger partial charge in [-0.2, -0.15) is 0 Å². The Bertz CT molecular complexity index is 512. The lowest BCUT2D eigenvalue weighted by Crippen LogP contribution is -2.25. The van der Waals surface area contributed by atoms with Crippen molar-refractivity contribution < 1.29 is 4.79 Å². The standard InChI is InChI=1S/C11H12N4OS/c1-15(11(16)10-6-13-14-17-10)7-8-3-2-4-9(12)5-8/h2-6H,7,12H2,1H3. The van der Waals surface area contributed by atoms with Gasteiger partial charge < -0.3 is 10.6 Å². The molecular weight excluding hydrogens is 236 g/mol. The van der Waals surface area contributed by atoms with Crippen molar-refractivity contribution in [2.75, 3.05) is 12.8 Å². The summed E-state index contributed by atoms with van der Waals surface area (Å²) < 4.78 is 3.67. The van der Waals surface area contributed by atoms with Gasteiger partial charge in [-0.3, -0.25) is 4.79 Å². The van der Waals surface area contributed by atoms with Crippen molar-refractivity contribution in [3.8, 4) is 0 Å². The Balaban J connectivity index is 2.07. The summed E-state index contributed by atoms with van der Waals surface area (Å²) in [7, 11) is 1.74. The summed E-state index contributed by atoms with van der Waals surface area (Å²) in [6.45, 7) is 0.516. The number of rotatable bonds is 3. The fourth-order valence-corrected chi connectivity index (χ4v) is 2.00. The molecule has 2 N–H and O–H groups in total. The maximum atomic E-state index is 11.9. The van der Waals surface area contributed by atoms with E-state index in [1.54, 1.807) is 11.9 Å². The first kappa shape index (κ1) is 11.5. The van der Waals surface area contributed by atoms with E-state index in [0.29, 0.717) is 17.1 Å². The zero-order valence-electron chi connectivity index (χ0n) is 9.33. The van der Waals surface area contributed by atoms with E-state index in [4.69, 9.17) is 5.73 Å². The highest BCUT2D eigenvalue weighted by molar-refractivity contribution is 7.07. The number of aromatic nitrogens is 2. The van der Waals surface area contributed by atoms with Crippen molar-refractivity contribution >= 4 is 23.1 Å². The molecule has 1 amide bonds. The van der Waals surface area contributed by atoms with Crippen LogP contribution >= 0.6 is 11.5 Å². The van der Waals surface area contributed by atoms with Gasteiger partial charge in [0.1, 0.15) is 4.88 Å². The molecule has 2 rings (SSSR count). The highest BCUT2D eigenvalue weighted by atomic mass is 32.1. The lowest BCUT2D eigenvalue weighted by Gasteiger charge is -2.15. The number of anilines is 1. The first-order valence-electron chi connectivity index (χ1n) is 5.04. The molecule has 2 aromatic rings. The predicted molar refractivity (Wildman–Crippen MR) is 66.6 cm³/mol. The molecule has 1 aromatic heterocycles. The van der Waals surface area contributed by atoms with Gasteiger partial charge in [0, 0.05) is 19.3 Å². The summed E-state index contributed by atoms with van der Waals surface area (Å²) in [4.78, 5) is 14.1. The smallest absolute Gasteiger partial charge is 0.267 e. The number of nitrogens with two attached hydrogens (primary N) is 1. The molecule has 0 aliphatic heterocycles. The minimum absolute atomic E-state index is 0.0811. The van der Waals surface area contributed by atoms with E-state index in [1.165, 1.54) is 6.20 Å². The van der Waals surface area contributed by atoms with Crippen molar-refractivity contribution in [1.82, 2.24) is 14.5 Å². The molecule has 1 aromatic carbocycles. The predicted octanol–water partition coefficient (Wildman–Crippen LogP) is 1.39. The second-order valence-electron chi connectivity index (χ2n) is 3.69. The number of hydrogen-bond donors (Lipinski definition) is 1. The summed E-state index contributed by atoms with van der Waals surface area (Å²) in [5, 5.41) is 3.65. The van der Waals surface area contributed by atoms with E-state index in [1.807, 2.05) is 24.3 Å². The number of carbonyl (C=O) groups excluding carboxylic acids is 1. The lowest BCUT2D eigenvalue weighted by molar-refractivity contribution is 0.0789. The Morgan fingerprint density at radius 1 is 1.53 bits per heavy atom. The number of hydrogen-bond acceptors (Lipinski definition) is 5. The summed E-state index contributed by atoms with van der Waals surface area (Å²) in [5.41, 5.74) is 7.38. The number of carbonyl (C=O) groups is 1. The molecule has 17 heavy (non-hydrogen) atoms. The molecule has 0 aliphatic carbocycles. The van der Waals surface area contributed by atoms with Gasteiger partial charge >= 0.3 is 0 Å². The largest absolute Gasteiger partial charge is 0.399 e. The van der Waals surface area contributed by atoms with Gasteiger partial charge in [-0.15, -0.1) is 5.10 Å². The Morgan fingerprint density at radius 3 is 3.00 bits per heavy atom. The van der Waals surface area contributed by atoms with Gasteiger partial charge in [-0.05, 0) is 29.2 Å². The van der Waals surface area contributed by atoms with Gasteiger partial charge in [0.15, 0.2) is 0 Å². The SMILES string of the molecule is CN(Cc1cccc(N)c1)C(=O)c1cnns1. The molecule has 0 atom stereocenters. The van der Waals surface area contributed by atoms with E-state index >= 15 is 0 Å². The second kappa shape index (κ2) is 4.92. The molecule has 0 spiro atoms. The summed E-state index contributed by atoms with van der Waals surface area (Å²) in [5.74, 6) is -0.0811. The van der Waals surface area contributed by atoms with Crippen molar-refractivity contribution in [3.05, 3.63) is 40.9 Å². The van der Waals surface area contributed by atoms with Gasteiger partial charge in [-0.25, -0.2) is 0 Å². The normalized spacial score (nSPS) is 10.2. The number of nitrogens with zero attached hydrogens (tertiary/aromatic N) is 3. The highest BCUT2D eigenvalue weighted by Gasteiger charge is 2.14. The lowest BCUT2D eigenvalue weighted by atomic mass is 10.2. The van der Waals surface area contributed by atoms with Crippen LogP contribution in [0.2, 0.25) is 0 Å². The fourth-order valence-electron chi connectivity index (χ4n) is 1.49. The van der Waals surface area contributed by atoms with Crippen LogP contribution in [0.1, 0.15) is 15.2 Å². The third kappa shape index (κ3) is 2.79. The van der Waals surface area contributed by atoms with Crippen LogP contribution in [0.4, 0.5) is 5.69 Å². The first-order valence-corrected chi connectivity index (χ1v) is 5.81. The minimum atomic E-state index is -0.0811.